The molecule has 0 bridgehead atoms. The third-order valence-electron chi connectivity index (χ3n) is 4.14. The van der Waals surface area contributed by atoms with Crippen molar-refractivity contribution >= 4 is 0 Å². The fourth-order valence-electron chi connectivity index (χ4n) is 3.01. The molecular weight excluding hydrogens is 206 g/mol. The second-order valence-corrected chi connectivity index (χ2v) is 5.84. The third kappa shape index (κ3) is 7.08. The minimum Gasteiger partial charge on any atom is -0.311 e. The van der Waals surface area contributed by atoms with E-state index in [9.17, 15) is 0 Å². The maximum Gasteiger partial charge on any atom is 0.00696 e. The van der Waals surface area contributed by atoms with E-state index in [0.717, 1.165) is 12.1 Å². The van der Waals surface area contributed by atoms with Gasteiger partial charge in [0.25, 0.3) is 0 Å². The topological polar surface area (TPSA) is 12.0 Å². The largest absolute Gasteiger partial charge is 0.311 e. The first-order valence-electron chi connectivity index (χ1n) is 8.12. The van der Waals surface area contributed by atoms with Gasteiger partial charge in [-0.05, 0) is 25.7 Å². The van der Waals surface area contributed by atoms with Crippen molar-refractivity contribution in [2.45, 2.75) is 103 Å². The number of piperidine rings is 1. The molecule has 1 N–H and O–H groups in total. The lowest BCUT2D eigenvalue weighted by atomic mass is 9.92. The molecule has 0 saturated carbocycles. The van der Waals surface area contributed by atoms with E-state index in [-0.39, 0.29) is 0 Å². The Morgan fingerprint density at radius 3 is 2.00 bits per heavy atom. The fraction of sp³-hybridized carbons (Fsp3) is 1.00. The smallest absolute Gasteiger partial charge is 0.00696 e. The molecule has 2 unspecified atom stereocenters. The van der Waals surface area contributed by atoms with Crippen molar-refractivity contribution in [1.82, 2.24) is 5.32 Å². The van der Waals surface area contributed by atoms with Crippen molar-refractivity contribution in [2.24, 2.45) is 0 Å². The van der Waals surface area contributed by atoms with Gasteiger partial charge in [0.2, 0.25) is 0 Å². The van der Waals surface area contributed by atoms with Gasteiger partial charge in [-0.3, -0.25) is 0 Å². The fourth-order valence-corrected chi connectivity index (χ4v) is 3.01. The average molecular weight is 239 g/mol. The van der Waals surface area contributed by atoms with Gasteiger partial charge in [-0.2, -0.15) is 0 Å². The van der Waals surface area contributed by atoms with E-state index in [2.05, 4.69) is 19.2 Å². The van der Waals surface area contributed by atoms with E-state index in [1.165, 1.54) is 77.0 Å². The average Bonchev–Trinajstić information content (AvgIpc) is 2.37. The van der Waals surface area contributed by atoms with E-state index in [0.29, 0.717) is 0 Å². The molecular formula is C16H33N. The monoisotopic (exact) mass is 239 g/mol. The molecule has 0 aromatic rings. The standard InChI is InChI=1S/C16H33N/c1-3-5-7-8-9-12-16-14-10-13-15(17-16)11-6-4-2/h15-17H,3-14H2,1-2H3. The maximum atomic E-state index is 3.88. The quantitative estimate of drug-likeness (QED) is 0.555. The Bertz CT molecular complexity index is 167. The van der Waals surface area contributed by atoms with Gasteiger partial charge in [0.15, 0.2) is 0 Å². The van der Waals surface area contributed by atoms with Gasteiger partial charge < -0.3 is 5.32 Å². The van der Waals surface area contributed by atoms with E-state index in [1.807, 2.05) is 0 Å². The molecule has 0 radical (unpaired) electrons. The molecule has 102 valence electrons. The predicted molar refractivity (Wildman–Crippen MR) is 77.5 cm³/mol. The van der Waals surface area contributed by atoms with Crippen LogP contribution >= 0.6 is 0 Å². The first kappa shape index (κ1) is 15.0. The second-order valence-electron chi connectivity index (χ2n) is 5.84. The first-order chi connectivity index (χ1) is 8.36. The van der Waals surface area contributed by atoms with Crippen LogP contribution in [0.5, 0.6) is 0 Å². The lowest BCUT2D eigenvalue weighted by molar-refractivity contribution is 0.287. The Kier molecular flexibility index (Phi) is 8.78. The number of nitrogens with one attached hydrogen (secondary N) is 1. The Balaban J connectivity index is 2.03. The molecule has 0 spiro atoms. The summed E-state index contributed by atoms with van der Waals surface area (Å²) in [6.07, 6.45) is 17.0. The van der Waals surface area contributed by atoms with Gasteiger partial charge >= 0.3 is 0 Å². The minimum absolute atomic E-state index is 0.837. The summed E-state index contributed by atoms with van der Waals surface area (Å²) in [6.45, 7) is 4.59. The summed E-state index contributed by atoms with van der Waals surface area (Å²) in [5.41, 5.74) is 0. The highest BCUT2D eigenvalue weighted by Crippen LogP contribution is 2.20. The highest BCUT2D eigenvalue weighted by atomic mass is 15.0. The molecule has 1 aliphatic rings. The zero-order valence-electron chi connectivity index (χ0n) is 12.1. The highest BCUT2D eigenvalue weighted by molar-refractivity contribution is 4.80. The Hall–Kier alpha value is -0.0400. The van der Waals surface area contributed by atoms with Crippen LogP contribution in [0.25, 0.3) is 0 Å². The summed E-state index contributed by atoms with van der Waals surface area (Å²) in [5, 5.41) is 3.88. The van der Waals surface area contributed by atoms with Crippen LogP contribution in [-0.4, -0.2) is 12.1 Å². The summed E-state index contributed by atoms with van der Waals surface area (Å²) >= 11 is 0. The molecule has 1 rings (SSSR count). The Labute approximate surface area is 109 Å². The van der Waals surface area contributed by atoms with Gasteiger partial charge in [0.05, 0.1) is 0 Å². The summed E-state index contributed by atoms with van der Waals surface area (Å²) in [5.74, 6) is 0. The zero-order chi connectivity index (χ0) is 12.3. The molecule has 1 fully saturated rings. The third-order valence-corrected chi connectivity index (χ3v) is 4.14. The van der Waals surface area contributed by atoms with Crippen molar-refractivity contribution < 1.29 is 0 Å². The lowest BCUT2D eigenvalue weighted by Crippen LogP contribution is -2.42. The van der Waals surface area contributed by atoms with E-state index in [1.54, 1.807) is 0 Å². The SMILES string of the molecule is CCCCCCCC1CCCC(CCCC)N1. The molecule has 1 saturated heterocycles. The summed E-state index contributed by atoms with van der Waals surface area (Å²) in [4.78, 5) is 0. The van der Waals surface area contributed by atoms with Crippen LogP contribution in [0.2, 0.25) is 0 Å². The van der Waals surface area contributed by atoms with E-state index >= 15 is 0 Å². The van der Waals surface area contributed by atoms with Gasteiger partial charge in [-0.25, -0.2) is 0 Å². The molecule has 1 heterocycles. The lowest BCUT2D eigenvalue weighted by Gasteiger charge is -2.31. The van der Waals surface area contributed by atoms with Crippen molar-refractivity contribution in [3.8, 4) is 0 Å². The number of rotatable bonds is 9. The van der Waals surface area contributed by atoms with Gasteiger partial charge in [0.1, 0.15) is 0 Å². The molecule has 1 nitrogen and oxygen atoms in total. The molecule has 2 atom stereocenters. The first-order valence-corrected chi connectivity index (χ1v) is 8.12. The molecule has 17 heavy (non-hydrogen) atoms. The molecule has 0 aromatic heterocycles. The van der Waals surface area contributed by atoms with Crippen molar-refractivity contribution in [3.63, 3.8) is 0 Å². The zero-order valence-corrected chi connectivity index (χ0v) is 12.1. The van der Waals surface area contributed by atoms with Crippen LogP contribution in [0.3, 0.4) is 0 Å². The number of hydrogen-bond donors (Lipinski definition) is 1. The minimum atomic E-state index is 0.837. The van der Waals surface area contributed by atoms with Crippen LogP contribution in [0, 0.1) is 0 Å². The van der Waals surface area contributed by atoms with Crippen LogP contribution in [-0.2, 0) is 0 Å². The summed E-state index contributed by atoms with van der Waals surface area (Å²) in [6, 6.07) is 1.68. The van der Waals surface area contributed by atoms with E-state index in [4.69, 9.17) is 0 Å². The van der Waals surface area contributed by atoms with Crippen LogP contribution in [0.15, 0.2) is 0 Å². The van der Waals surface area contributed by atoms with Crippen molar-refractivity contribution in [2.75, 3.05) is 0 Å². The summed E-state index contributed by atoms with van der Waals surface area (Å²) < 4.78 is 0. The van der Waals surface area contributed by atoms with Crippen molar-refractivity contribution in [3.05, 3.63) is 0 Å². The molecule has 0 aliphatic carbocycles. The van der Waals surface area contributed by atoms with Gasteiger partial charge in [0, 0.05) is 12.1 Å². The van der Waals surface area contributed by atoms with Gasteiger partial charge in [-0.15, -0.1) is 0 Å². The molecule has 0 aromatic carbocycles. The molecule has 1 heteroatoms. The van der Waals surface area contributed by atoms with Gasteiger partial charge in [-0.1, -0.05) is 65.2 Å². The van der Waals surface area contributed by atoms with Crippen LogP contribution in [0.1, 0.15) is 90.9 Å². The van der Waals surface area contributed by atoms with Crippen LogP contribution in [0.4, 0.5) is 0 Å². The predicted octanol–water partition coefficient (Wildman–Crippen LogP) is 5.05. The number of unbranched alkanes of at least 4 members (excludes halogenated alkanes) is 5. The highest BCUT2D eigenvalue weighted by Gasteiger charge is 2.19. The molecule has 1 aliphatic heterocycles. The Morgan fingerprint density at radius 2 is 1.35 bits per heavy atom. The number of hydrogen-bond acceptors (Lipinski definition) is 1. The van der Waals surface area contributed by atoms with Crippen molar-refractivity contribution in [1.29, 1.82) is 0 Å². The normalized spacial score (nSPS) is 25.1. The summed E-state index contributed by atoms with van der Waals surface area (Å²) in [7, 11) is 0. The second kappa shape index (κ2) is 9.94. The molecule has 0 amide bonds. The Morgan fingerprint density at radius 1 is 0.765 bits per heavy atom. The van der Waals surface area contributed by atoms with Crippen LogP contribution < -0.4 is 5.32 Å². The maximum absolute atomic E-state index is 3.88. The van der Waals surface area contributed by atoms with E-state index < -0.39 is 0 Å².